The molecule has 2 unspecified atom stereocenters. The van der Waals surface area contributed by atoms with E-state index in [9.17, 15) is 20.4 Å². The molecule has 0 bridgehead atoms. The number of benzene rings is 4. The molecule has 0 aromatic heterocycles. The Hall–Kier alpha value is -3.22. The molecule has 2 atom stereocenters. The lowest BCUT2D eigenvalue weighted by Gasteiger charge is -2.37. The van der Waals surface area contributed by atoms with Gasteiger partial charge in [0.15, 0.2) is 0 Å². The minimum Gasteiger partial charge on any atom is -0.508 e. The molecule has 4 aromatic carbocycles. The number of hydrogen-bond acceptors (Lipinski definition) is 6. The number of aromatic hydroxyl groups is 4. The van der Waals surface area contributed by atoms with E-state index in [0.717, 1.165) is 68.5 Å². The van der Waals surface area contributed by atoms with Gasteiger partial charge in [0.1, 0.15) is 23.0 Å². The fourth-order valence-corrected chi connectivity index (χ4v) is 14.4. The Morgan fingerprint density at radius 1 is 0.390 bits per heavy atom. The molecule has 6 heteroatoms. The Morgan fingerprint density at radius 3 is 1.01 bits per heavy atom. The van der Waals surface area contributed by atoms with Crippen LogP contribution in [-0.4, -0.2) is 31.4 Å². The highest BCUT2D eigenvalue weighted by molar-refractivity contribution is 7.99. The molecule has 0 saturated carbocycles. The quantitative estimate of drug-likeness (QED) is 0.0256. The van der Waals surface area contributed by atoms with Crippen molar-refractivity contribution >= 4 is 24.4 Å². The van der Waals surface area contributed by atoms with Crippen LogP contribution in [0.4, 0.5) is 0 Å². The van der Waals surface area contributed by atoms with Gasteiger partial charge in [0.25, 0.3) is 0 Å². The molecule has 4 N–H and O–H groups in total. The summed E-state index contributed by atoms with van der Waals surface area (Å²) in [6.07, 6.45) is 30.4. The number of phenols is 4. The summed E-state index contributed by atoms with van der Waals surface area (Å²) in [5.74, 6) is 3.38. The van der Waals surface area contributed by atoms with Crippen LogP contribution in [-0.2, 0) is 26.4 Å². The Bertz CT molecular complexity index is 2390. The van der Waals surface area contributed by atoms with E-state index in [1.165, 1.54) is 152 Å². The first kappa shape index (κ1) is 73.0. The molecule has 0 spiro atoms. The van der Waals surface area contributed by atoms with E-state index in [1.54, 1.807) is 0 Å². The molecule has 464 valence electrons. The summed E-state index contributed by atoms with van der Waals surface area (Å²) in [5.41, 5.74) is 12.5. The number of thioether (sulfide) groups is 1. The second-order valence-electron chi connectivity index (χ2n) is 29.6. The van der Waals surface area contributed by atoms with E-state index >= 15 is 0 Å². The van der Waals surface area contributed by atoms with Gasteiger partial charge in [-0.25, -0.2) is 0 Å². The third-order valence-electron chi connectivity index (χ3n) is 17.5. The minimum absolute atomic E-state index is 0.145. The standard InChI is InChI=1S/2C38H62O2S/c1-11-12-13-14-15-16-17-18-19-20-21-41-29(4)24-32(30-25-33(37(5,6)7)35(39)22-27(30)2)31-26-34(38(8,9)10)36(40)23-28(31)3;1-11-12-13-14-15-16-17-18-19-20-21-27(2)26-38(41,30-24-32(36(5,6)7)34(39)22-28(30)3)31-25-33(37(8,9)10)35(40)23-29(31)4/h22-23,25-26,29,32,39-40H,11-21,24H2,1-10H3;22-25,27,39-41H,11-21,26H2,1-10H3. The van der Waals surface area contributed by atoms with E-state index in [1.807, 2.05) is 24.3 Å². The van der Waals surface area contributed by atoms with Gasteiger partial charge in [-0.15, -0.1) is 0 Å². The van der Waals surface area contributed by atoms with Crippen LogP contribution < -0.4 is 0 Å². The van der Waals surface area contributed by atoms with Crippen molar-refractivity contribution < 1.29 is 20.4 Å². The molecule has 0 fully saturated rings. The molecule has 0 aliphatic carbocycles. The van der Waals surface area contributed by atoms with Gasteiger partial charge in [-0.1, -0.05) is 251 Å². The molecule has 0 aliphatic rings. The molecule has 0 heterocycles. The van der Waals surface area contributed by atoms with Crippen LogP contribution in [0.25, 0.3) is 0 Å². The number of phenolic OH excluding ortho intramolecular Hbond substituents is 4. The first-order valence-corrected chi connectivity index (χ1v) is 34.4. The van der Waals surface area contributed by atoms with Gasteiger partial charge in [-0.2, -0.15) is 24.4 Å². The SMILES string of the molecule is CCCCCCCCCCCCC(C)CC(S)(c1cc(C(C)(C)C)c(O)cc1C)c1cc(C(C)(C)C)c(O)cc1C.CCCCCCCCCCCCSC(C)CC(c1cc(C(C)(C)C)c(O)cc1C)c1cc(C(C)(C)C)c(O)cc1C. The molecule has 4 rings (SSSR count). The van der Waals surface area contributed by atoms with Gasteiger partial charge in [0.05, 0.1) is 4.75 Å². The number of rotatable bonds is 31. The maximum Gasteiger partial charge on any atom is 0.119 e. The topological polar surface area (TPSA) is 80.9 Å². The van der Waals surface area contributed by atoms with Crippen LogP contribution >= 0.6 is 24.4 Å². The molecular formula is C76H124O4S2. The first-order chi connectivity index (χ1) is 38.2. The lowest BCUT2D eigenvalue weighted by molar-refractivity contribution is 0.415. The fraction of sp³-hybridized carbons (Fsp3) is 0.684. The maximum atomic E-state index is 10.9. The Morgan fingerprint density at radius 2 is 0.683 bits per heavy atom. The van der Waals surface area contributed by atoms with Gasteiger partial charge in [0, 0.05) is 11.2 Å². The van der Waals surface area contributed by atoms with Crippen LogP contribution in [0.5, 0.6) is 23.0 Å². The summed E-state index contributed by atoms with van der Waals surface area (Å²) >= 11 is 7.70. The van der Waals surface area contributed by atoms with Crippen molar-refractivity contribution in [2.45, 2.75) is 324 Å². The van der Waals surface area contributed by atoms with Gasteiger partial charge >= 0.3 is 0 Å². The van der Waals surface area contributed by atoms with Crippen molar-refractivity contribution in [3.63, 3.8) is 0 Å². The number of unbranched alkanes of at least 4 members (excludes halogenated alkanes) is 18. The van der Waals surface area contributed by atoms with Gasteiger partial charge in [-0.3, -0.25) is 0 Å². The normalized spacial score (nSPS) is 13.4. The molecule has 0 saturated heterocycles. The predicted molar refractivity (Wildman–Crippen MR) is 366 cm³/mol. The lowest BCUT2D eigenvalue weighted by atomic mass is 9.74. The Balaban J connectivity index is 0.000000430. The van der Waals surface area contributed by atoms with E-state index in [-0.39, 0.29) is 27.6 Å². The number of hydrogen-bond donors (Lipinski definition) is 5. The summed E-state index contributed by atoms with van der Waals surface area (Å²) in [5, 5.41) is 44.1. The molecule has 4 nitrogen and oxygen atoms in total. The zero-order valence-corrected chi connectivity index (χ0v) is 58.2. The van der Waals surface area contributed by atoms with Crippen LogP contribution in [0.3, 0.4) is 0 Å². The summed E-state index contributed by atoms with van der Waals surface area (Å²) in [6.45, 7) is 43.7. The lowest BCUT2D eigenvalue weighted by Crippen LogP contribution is -2.28. The van der Waals surface area contributed by atoms with Crippen molar-refractivity contribution in [2.75, 3.05) is 5.75 Å². The molecule has 0 radical (unpaired) electrons. The molecule has 82 heavy (non-hydrogen) atoms. The van der Waals surface area contributed by atoms with Gasteiger partial charge in [0.2, 0.25) is 0 Å². The van der Waals surface area contributed by atoms with Crippen LogP contribution in [0.1, 0.15) is 331 Å². The van der Waals surface area contributed by atoms with E-state index in [0.29, 0.717) is 34.2 Å². The average Bonchev–Trinajstić information content (AvgIpc) is 3.51. The monoisotopic (exact) mass is 1160 g/mol. The average molecular weight is 1170 g/mol. The van der Waals surface area contributed by atoms with Crippen LogP contribution in [0.2, 0.25) is 0 Å². The summed E-state index contributed by atoms with van der Waals surface area (Å²) < 4.78 is -0.548. The van der Waals surface area contributed by atoms with Crippen molar-refractivity contribution in [3.05, 3.63) is 115 Å². The highest BCUT2D eigenvalue weighted by atomic mass is 32.2. The summed E-state index contributed by atoms with van der Waals surface area (Å²) in [4.78, 5) is 0. The highest BCUT2D eigenvalue weighted by Crippen LogP contribution is 2.50. The van der Waals surface area contributed by atoms with Crippen LogP contribution in [0.15, 0.2) is 48.5 Å². The van der Waals surface area contributed by atoms with Crippen molar-refractivity contribution in [2.24, 2.45) is 5.92 Å². The third kappa shape index (κ3) is 22.9. The molecule has 0 aliphatic heterocycles. The zero-order chi connectivity index (χ0) is 61.8. The van der Waals surface area contributed by atoms with E-state index in [4.69, 9.17) is 12.6 Å². The second-order valence-corrected chi connectivity index (χ2v) is 31.9. The summed E-state index contributed by atoms with van der Waals surface area (Å²) in [6, 6.07) is 16.7. The Labute approximate surface area is 515 Å². The van der Waals surface area contributed by atoms with Crippen LogP contribution in [0, 0.1) is 33.6 Å². The molecule has 0 amide bonds. The highest BCUT2D eigenvalue weighted by Gasteiger charge is 2.38. The van der Waals surface area contributed by atoms with E-state index < -0.39 is 4.75 Å². The largest absolute Gasteiger partial charge is 0.508 e. The predicted octanol–water partition coefficient (Wildman–Crippen LogP) is 23.7. The number of thiol groups is 1. The fourth-order valence-electron chi connectivity index (χ4n) is 12.5. The molecular weight excluding hydrogens is 1040 g/mol. The third-order valence-corrected chi connectivity index (χ3v) is 19.4. The first-order valence-electron chi connectivity index (χ1n) is 32.9. The van der Waals surface area contributed by atoms with Crippen molar-refractivity contribution in [3.8, 4) is 23.0 Å². The van der Waals surface area contributed by atoms with Gasteiger partial charge in [-0.05, 0) is 183 Å². The maximum absolute atomic E-state index is 10.9. The molecule has 4 aromatic rings. The smallest absolute Gasteiger partial charge is 0.119 e. The second kappa shape index (κ2) is 33.6. The van der Waals surface area contributed by atoms with E-state index in [2.05, 4.69) is 175 Å². The van der Waals surface area contributed by atoms with Crippen molar-refractivity contribution in [1.29, 1.82) is 0 Å². The van der Waals surface area contributed by atoms with Gasteiger partial charge < -0.3 is 20.4 Å². The minimum atomic E-state index is -0.548. The zero-order valence-electron chi connectivity index (χ0n) is 56.5. The Kier molecular flexibility index (Phi) is 29.9. The number of aryl methyl sites for hydroxylation is 4. The van der Waals surface area contributed by atoms with Crippen molar-refractivity contribution in [1.82, 2.24) is 0 Å². The summed E-state index contributed by atoms with van der Waals surface area (Å²) in [7, 11) is 0.